The van der Waals surface area contributed by atoms with Crippen LogP contribution in [0.3, 0.4) is 0 Å². The topological polar surface area (TPSA) is 86.7 Å². The Morgan fingerprint density at radius 2 is 1.90 bits per heavy atom. The first kappa shape index (κ1) is 16.5. The molecule has 0 aromatic heterocycles. The van der Waals surface area contributed by atoms with Gasteiger partial charge in [0.05, 0.1) is 5.41 Å². The number of rotatable bonds is 3. The number of carboxylic acid groups (broad SMARTS) is 1. The fourth-order valence-electron chi connectivity index (χ4n) is 2.19. The quantitative estimate of drug-likeness (QED) is 0.828. The highest BCUT2D eigenvalue weighted by atomic mass is 16.4. The number of nitrogens with one attached hydrogen (secondary N) is 1. The summed E-state index contributed by atoms with van der Waals surface area (Å²) in [5.41, 5.74) is -1.17. The predicted molar refractivity (Wildman–Crippen MR) is 74.2 cm³/mol. The number of carbonyl (C=O) groups is 3. The SMILES string of the molecule is CC1CCCN(C(=O)NC(=O)CC(C)(C)C(=O)O)CC1. The van der Waals surface area contributed by atoms with Gasteiger partial charge in [0, 0.05) is 19.5 Å². The number of likely N-dealkylation sites (tertiary alicyclic amines) is 1. The number of carbonyl (C=O) groups excluding carboxylic acids is 2. The minimum absolute atomic E-state index is 0.210. The molecule has 1 fully saturated rings. The van der Waals surface area contributed by atoms with Crippen molar-refractivity contribution in [2.24, 2.45) is 11.3 Å². The number of carboxylic acids is 1. The summed E-state index contributed by atoms with van der Waals surface area (Å²) >= 11 is 0. The maximum atomic E-state index is 12.0. The highest BCUT2D eigenvalue weighted by Crippen LogP contribution is 2.20. The van der Waals surface area contributed by atoms with Crippen LogP contribution < -0.4 is 5.32 Å². The maximum absolute atomic E-state index is 12.0. The van der Waals surface area contributed by atoms with Crippen LogP contribution in [0.15, 0.2) is 0 Å². The van der Waals surface area contributed by atoms with Crippen LogP contribution >= 0.6 is 0 Å². The standard InChI is InChI=1S/C14H24N2O4/c1-10-5-4-7-16(8-6-10)13(20)15-11(17)9-14(2,3)12(18)19/h10H,4-9H2,1-3H3,(H,18,19)(H,15,17,20). The van der Waals surface area contributed by atoms with Crippen molar-refractivity contribution in [2.45, 2.75) is 46.5 Å². The Hall–Kier alpha value is -1.59. The molecule has 1 aliphatic rings. The maximum Gasteiger partial charge on any atom is 0.324 e. The van der Waals surface area contributed by atoms with Gasteiger partial charge in [-0.05, 0) is 39.0 Å². The third-order valence-electron chi connectivity index (χ3n) is 3.73. The van der Waals surface area contributed by atoms with E-state index in [0.29, 0.717) is 19.0 Å². The Morgan fingerprint density at radius 1 is 1.25 bits per heavy atom. The number of hydrogen-bond donors (Lipinski definition) is 2. The molecule has 1 unspecified atom stereocenters. The lowest BCUT2D eigenvalue weighted by Gasteiger charge is -2.22. The van der Waals surface area contributed by atoms with E-state index >= 15 is 0 Å². The van der Waals surface area contributed by atoms with Gasteiger partial charge >= 0.3 is 12.0 Å². The van der Waals surface area contributed by atoms with Gasteiger partial charge in [0.2, 0.25) is 5.91 Å². The Morgan fingerprint density at radius 3 is 2.50 bits per heavy atom. The Labute approximate surface area is 119 Å². The van der Waals surface area contributed by atoms with E-state index in [1.54, 1.807) is 4.90 Å². The van der Waals surface area contributed by atoms with E-state index in [1.807, 2.05) is 0 Å². The molecule has 6 nitrogen and oxygen atoms in total. The molecule has 0 aromatic carbocycles. The highest BCUT2D eigenvalue weighted by molar-refractivity contribution is 5.96. The van der Waals surface area contributed by atoms with Gasteiger partial charge in [-0.2, -0.15) is 0 Å². The number of hydrogen-bond acceptors (Lipinski definition) is 3. The molecule has 0 aromatic rings. The van der Waals surface area contributed by atoms with E-state index in [-0.39, 0.29) is 6.42 Å². The second-order valence-electron chi connectivity index (χ2n) is 6.24. The van der Waals surface area contributed by atoms with Gasteiger partial charge in [0.25, 0.3) is 0 Å². The third kappa shape index (κ3) is 4.83. The van der Waals surface area contributed by atoms with Crippen LogP contribution in [0.1, 0.15) is 46.5 Å². The third-order valence-corrected chi connectivity index (χ3v) is 3.73. The van der Waals surface area contributed by atoms with Crippen molar-refractivity contribution in [3.8, 4) is 0 Å². The number of urea groups is 1. The second kappa shape index (κ2) is 6.72. The normalized spacial score (nSPS) is 20.1. The van der Waals surface area contributed by atoms with Crippen molar-refractivity contribution in [3.05, 3.63) is 0 Å². The van der Waals surface area contributed by atoms with Crippen LogP contribution in [0.4, 0.5) is 4.79 Å². The summed E-state index contributed by atoms with van der Waals surface area (Å²) in [4.78, 5) is 36.3. The van der Waals surface area contributed by atoms with Gasteiger partial charge in [-0.1, -0.05) is 6.92 Å². The summed E-state index contributed by atoms with van der Waals surface area (Å²) in [6.07, 6.45) is 2.74. The lowest BCUT2D eigenvalue weighted by molar-refractivity contribution is -0.149. The number of amides is 3. The van der Waals surface area contributed by atoms with Gasteiger partial charge < -0.3 is 10.0 Å². The lowest BCUT2D eigenvalue weighted by Crippen LogP contribution is -2.45. The Bertz CT molecular complexity index is 393. The van der Waals surface area contributed by atoms with Crippen LogP contribution in [-0.4, -0.2) is 41.0 Å². The van der Waals surface area contributed by atoms with Crippen LogP contribution in [0.25, 0.3) is 0 Å². The molecule has 20 heavy (non-hydrogen) atoms. The molecule has 1 rings (SSSR count). The summed E-state index contributed by atoms with van der Waals surface area (Å²) in [7, 11) is 0. The van der Waals surface area contributed by atoms with Crippen molar-refractivity contribution in [3.63, 3.8) is 0 Å². The summed E-state index contributed by atoms with van der Waals surface area (Å²) in [6.45, 7) is 6.37. The molecule has 0 spiro atoms. The fourth-order valence-corrected chi connectivity index (χ4v) is 2.19. The van der Waals surface area contributed by atoms with Crippen LogP contribution in [0, 0.1) is 11.3 Å². The smallest absolute Gasteiger partial charge is 0.324 e. The summed E-state index contributed by atoms with van der Waals surface area (Å²) < 4.78 is 0. The predicted octanol–water partition coefficient (Wildman–Crippen LogP) is 1.85. The van der Waals surface area contributed by atoms with Crippen LogP contribution in [-0.2, 0) is 9.59 Å². The molecule has 1 aliphatic heterocycles. The van der Waals surface area contributed by atoms with Crippen molar-refractivity contribution >= 4 is 17.9 Å². The van der Waals surface area contributed by atoms with Gasteiger partial charge in [-0.15, -0.1) is 0 Å². The van der Waals surface area contributed by atoms with Gasteiger partial charge in [-0.3, -0.25) is 14.9 Å². The largest absolute Gasteiger partial charge is 0.481 e. The molecule has 1 atom stereocenters. The molecule has 6 heteroatoms. The first-order chi connectivity index (χ1) is 9.22. The lowest BCUT2D eigenvalue weighted by atomic mass is 9.89. The zero-order chi connectivity index (χ0) is 15.3. The first-order valence-electron chi connectivity index (χ1n) is 7.04. The molecule has 1 saturated heterocycles. The van der Waals surface area contributed by atoms with Crippen molar-refractivity contribution in [2.75, 3.05) is 13.1 Å². The van der Waals surface area contributed by atoms with E-state index in [2.05, 4.69) is 12.2 Å². The molecule has 0 radical (unpaired) electrons. The molecular formula is C14H24N2O4. The molecule has 114 valence electrons. The summed E-state index contributed by atoms with van der Waals surface area (Å²) in [6, 6.07) is -0.412. The number of imide groups is 1. The Kier molecular flexibility index (Phi) is 5.53. The van der Waals surface area contributed by atoms with E-state index < -0.39 is 23.3 Å². The first-order valence-corrected chi connectivity index (χ1v) is 7.04. The van der Waals surface area contributed by atoms with Crippen LogP contribution in [0.5, 0.6) is 0 Å². The van der Waals surface area contributed by atoms with Crippen molar-refractivity contribution < 1.29 is 19.5 Å². The van der Waals surface area contributed by atoms with E-state index in [9.17, 15) is 14.4 Å². The molecule has 2 N–H and O–H groups in total. The highest BCUT2D eigenvalue weighted by Gasteiger charge is 2.31. The molecule has 0 aliphatic carbocycles. The second-order valence-corrected chi connectivity index (χ2v) is 6.24. The summed E-state index contributed by atoms with van der Waals surface area (Å²) in [5, 5.41) is 11.3. The minimum atomic E-state index is -1.17. The average Bonchev–Trinajstić information content (AvgIpc) is 2.52. The van der Waals surface area contributed by atoms with E-state index in [0.717, 1.165) is 19.3 Å². The molecule has 3 amide bonds. The molecule has 1 heterocycles. The van der Waals surface area contributed by atoms with Gasteiger partial charge in [-0.25, -0.2) is 4.79 Å². The van der Waals surface area contributed by atoms with Gasteiger partial charge in [0.1, 0.15) is 0 Å². The zero-order valence-corrected chi connectivity index (χ0v) is 12.4. The van der Waals surface area contributed by atoms with E-state index in [1.165, 1.54) is 13.8 Å². The van der Waals surface area contributed by atoms with E-state index in [4.69, 9.17) is 5.11 Å². The molecule has 0 saturated carbocycles. The number of nitrogens with zero attached hydrogens (tertiary/aromatic N) is 1. The van der Waals surface area contributed by atoms with Gasteiger partial charge in [0.15, 0.2) is 0 Å². The zero-order valence-electron chi connectivity index (χ0n) is 12.4. The van der Waals surface area contributed by atoms with Crippen LogP contribution in [0.2, 0.25) is 0 Å². The average molecular weight is 284 g/mol. The number of aliphatic carboxylic acids is 1. The molecular weight excluding hydrogens is 260 g/mol. The molecule has 0 bridgehead atoms. The fraction of sp³-hybridized carbons (Fsp3) is 0.786. The van der Waals surface area contributed by atoms with Crippen molar-refractivity contribution in [1.82, 2.24) is 10.2 Å². The minimum Gasteiger partial charge on any atom is -0.481 e. The van der Waals surface area contributed by atoms with Crippen molar-refractivity contribution in [1.29, 1.82) is 0 Å². The summed E-state index contributed by atoms with van der Waals surface area (Å²) in [5.74, 6) is -1.00. The monoisotopic (exact) mass is 284 g/mol. The Balaban J connectivity index is 2.49.